The second-order valence-electron chi connectivity index (χ2n) is 6.07. The van der Waals surface area contributed by atoms with Crippen LogP contribution < -0.4 is 0 Å². The number of ketones is 1. The van der Waals surface area contributed by atoms with Gasteiger partial charge in [0.1, 0.15) is 0 Å². The first-order chi connectivity index (χ1) is 10.5. The van der Waals surface area contributed by atoms with E-state index in [0.29, 0.717) is 0 Å². The topological polar surface area (TPSA) is 17.1 Å². The van der Waals surface area contributed by atoms with Gasteiger partial charge >= 0.3 is 0 Å². The van der Waals surface area contributed by atoms with Crippen molar-refractivity contribution in [1.29, 1.82) is 0 Å². The molecule has 3 rings (SSSR count). The molecule has 0 aromatic heterocycles. The lowest BCUT2D eigenvalue weighted by Crippen LogP contribution is -2.02. The van der Waals surface area contributed by atoms with Crippen LogP contribution >= 0.6 is 0 Å². The first-order valence-corrected chi connectivity index (χ1v) is 7.60. The van der Waals surface area contributed by atoms with Gasteiger partial charge in [-0.3, -0.25) is 4.79 Å². The van der Waals surface area contributed by atoms with E-state index in [1.807, 2.05) is 38.1 Å². The molecule has 0 spiro atoms. The molecule has 1 nitrogen and oxygen atoms in total. The number of carbonyl (C=O) groups is 1. The van der Waals surface area contributed by atoms with Gasteiger partial charge in [-0.15, -0.1) is 0 Å². The Kier molecular flexibility index (Phi) is 3.58. The molecular weight excluding hydrogens is 268 g/mol. The number of hydrogen-bond donors (Lipinski definition) is 0. The fourth-order valence-corrected chi connectivity index (χ4v) is 3.14. The Morgan fingerprint density at radius 2 is 1.05 bits per heavy atom. The summed E-state index contributed by atoms with van der Waals surface area (Å²) >= 11 is 0. The van der Waals surface area contributed by atoms with E-state index in [2.05, 4.69) is 38.1 Å². The highest BCUT2D eigenvalue weighted by Crippen LogP contribution is 2.40. The number of hydrogen-bond acceptors (Lipinski definition) is 1. The average Bonchev–Trinajstić information content (AvgIpc) is 2.69. The number of benzene rings is 2. The van der Waals surface area contributed by atoms with Gasteiger partial charge in [0.2, 0.25) is 0 Å². The van der Waals surface area contributed by atoms with Gasteiger partial charge < -0.3 is 0 Å². The van der Waals surface area contributed by atoms with Crippen LogP contribution in [0.5, 0.6) is 0 Å². The zero-order valence-electron chi connectivity index (χ0n) is 13.5. The lowest BCUT2D eigenvalue weighted by molar-refractivity contribution is -0.108. The largest absolute Gasteiger partial charge is 0.289 e. The number of aryl methyl sites for hydroxylation is 2. The average molecular weight is 288 g/mol. The molecule has 0 N–H and O–H groups in total. The Bertz CT molecular complexity index is 765. The lowest BCUT2D eigenvalue weighted by atomic mass is 9.95. The molecule has 0 amide bonds. The molecule has 0 bridgehead atoms. The van der Waals surface area contributed by atoms with Crippen molar-refractivity contribution in [2.24, 2.45) is 0 Å². The summed E-state index contributed by atoms with van der Waals surface area (Å²) in [6.45, 7) is 8.21. The van der Waals surface area contributed by atoms with Crippen LogP contribution in [0.15, 0.2) is 59.7 Å². The van der Waals surface area contributed by atoms with Gasteiger partial charge in [-0.2, -0.15) is 0 Å². The molecule has 1 aliphatic carbocycles. The summed E-state index contributed by atoms with van der Waals surface area (Å²) < 4.78 is 0. The van der Waals surface area contributed by atoms with Gasteiger partial charge in [0, 0.05) is 11.1 Å². The van der Waals surface area contributed by atoms with Gasteiger partial charge in [-0.05, 0) is 50.0 Å². The van der Waals surface area contributed by atoms with Crippen molar-refractivity contribution in [2.45, 2.75) is 27.7 Å². The van der Waals surface area contributed by atoms with E-state index in [1.165, 1.54) is 11.1 Å². The van der Waals surface area contributed by atoms with Crippen molar-refractivity contribution in [3.8, 4) is 0 Å². The molecule has 2 aromatic rings. The number of carbonyl (C=O) groups excluding carboxylic acids is 1. The fraction of sp³-hybridized carbons (Fsp3) is 0.190. The molecule has 0 saturated heterocycles. The maximum absolute atomic E-state index is 13.0. The minimum Gasteiger partial charge on any atom is -0.289 e. The van der Waals surface area contributed by atoms with E-state index in [0.717, 1.165) is 33.4 Å². The van der Waals surface area contributed by atoms with E-state index >= 15 is 0 Å². The zero-order chi connectivity index (χ0) is 15.9. The molecule has 2 aromatic carbocycles. The number of Topliss-reactive ketones (excluding diaryl/α,β-unsaturated/α-hetero) is 1. The van der Waals surface area contributed by atoms with Crippen LogP contribution in [0.1, 0.15) is 36.1 Å². The van der Waals surface area contributed by atoms with E-state index in [-0.39, 0.29) is 5.78 Å². The van der Waals surface area contributed by atoms with E-state index in [9.17, 15) is 4.79 Å². The summed E-state index contributed by atoms with van der Waals surface area (Å²) in [5, 5.41) is 0. The SMILES string of the molecule is CC1=C(c2cccc(C)c2)C(=O)C(c2cccc(C)c2)=C1C. The maximum atomic E-state index is 13.0. The molecule has 1 heteroatoms. The van der Waals surface area contributed by atoms with Gasteiger partial charge in [0.25, 0.3) is 0 Å². The summed E-state index contributed by atoms with van der Waals surface area (Å²) in [6.07, 6.45) is 0. The molecule has 0 heterocycles. The van der Waals surface area contributed by atoms with Gasteiger partial charge in [-0.1, -0.05) is 59.7 Å². The molecule has 22 heavy (non-hydrogen) atoms. The normalized spacial score (nSPS) is 15.0. The van der Waals surface area contributed by atoms with Crippen LogP contribution in [0.3, 0.4) is 0 Å². The second kappa shape index (κ2) is 5.42. The highest BCUT2D eigenvalue weighted by atomic mass is 16.1. The van der Waals surface area contributed by atoms with Crippen molar-refractivity contribution in [1.82, 2.24) is 0 Å². The van der Waals surface area contributed by atoms with E-state index < -0.39 is 0 Å². The van der Waals surface area contributed by atoms with Crippen molar-refractivity contribution < 1.29 is 4.79 Å². The summed E-state index contributed by atoms with van der Waals surface area (Å²) in [6, 6.07) is 16.4. The Morgan fingerprint density at radius 1 is 0.636 bits per heavy atom. The standard InChI is InChI=1S/C21H20O/c1-13-7-5-9-17(11-13)19-15(3)16(4)20(21(19)22)18-10-6-8-14(2)12-18/h5-12H,1-4H3. The van der Waals surface area contributed by atoms with E-state index in [4.69, 9.17) is 0 Å². The van der Waals surface area contributed by atoms with Crippen molar-refractivity contribution in [2.75, 3.05) is 0 Å². The van der Waals surface area contributed by atoms with Crippen LogP contribution in [-0.4, -0.2) is 5.78 Å². The van der Waals surface area contributed by atoms with Crippen LogP contribution in [0, 0.1) is 13.8 Å². The summed E-state index contributed by atoms with van der Waals surface area (Å²) in [4.78, 5) is 13.0. The highest BCUT2D eigenvalue weighted by molar-refractivity contribution is 6.46. The highest BCUT2D eigenvalue weighted by Gasteiger charge is 2.29. The van der Waals surface area contributed by atoms with E-state index in [1.54, 1.807) is 0 Å². The van der Waals surface area contributed by atoms with Crippen LogP contribution in [-0.2, 0) is 4.79 Å². The fourth-order valence-electron chi connectivity index (χ4n) is 3.14. The third kappa shape index (κ3) is 2.33. The minimum absolute atomic E-state index is 0.145. The molecule has 0 fully saturated rings. The van der Waals surface area contributed by atoms with Gasteiger partial charge in [-0.25, -0.2) is 0 Å². The second-order valence-corrected chi connectivity index (χ2v) is 6.07. The Labute approximate surface area is 132 Å². The predicted octanol–water partition coefficient (Wildman–Crippen LogP) is 5.13. The Morgan fingerprint density at radius 3 is 1.41 bits per heavy atom. The first-order valence-electron chi connectivity index (χ1n) is 7.60. The quantitative estimate of drug-likeness (QED) is 0.748. The van der Waals surface area contributed by atoms with Crippen LogP contribution in [0.25, 0.3) is 11.1 Å². The predicted molar refractivity (Wildman–Crippen MR) is 92.6 cm³/mol. The summed E-state index contributed by atoms with van der Waals surface area (Å²) in [7, 11) is 0. The summed E-state index contributed by atoms with van der Waals surface area (Å²) in [5.74, 6) is 0.145. The van der Waals surface area contributed by atoms with Crippen LogP contribution in [0.2, 0.25) is 0 Å². The molecule has 0 radical (unpaired) electrons. The molecule has 1 aliphatic rings. The molecule has 0 atom stereocenters. The van der Waals surface area contributed by atoms with Gasteiger partial charge in [0.05, 0.1) is 0 Å². The number of allylic oxidation sites excluding steroid dienone is 4. The third-order valence-electron chi connectivity index (χ3n) is 4.38. The van der Waals surface area contributed by atoms with Crippen molar-refractivity contribution in [3.05, 3.63) is 81.9 Å². The third-order valence-corrected chi connectivity index (χ3v) is 4.38. The lowest BCUT2D eigenvalue weighted by Gasteiger charge is -2.07. The summed E-state index contributed by atoms with van der Waals surface area (Å²) in [5.41, 5.74) is 8.25. The smallest absolute Gasteiger partial charge is 0.194 e. The van der Waals surface area contributed by atoms with Crippen molar-refractivity contribution in [3.63, 3.8) is 0 Å². The van der Waals surface area contributed by atoms with Crippen LogP contribution in [0.4, 0.5) is 0 Å². The Balaban J connectivity index is 2.11. The maximum Gasteiger partial charge on any atom is 0.194 e. The molecular formula is C21H20O. The molecule has 0 unspecified atom stereocenters. The molecule has 0 saturated carbocycles. The molecule has 0 aliphatic heterocycles. The monoisotopic (exact) mass is 288 g/mol. The zero-order valence-corrected chi connectivity index (χ0v) is 13.5. The Hall–Kier alpha value is -2.41. The van der Waals surface area contributed by atoms with Crippen molar-refractivity contribution >= 4 is 16.9 Å². The number of rotatable bonds is 2. The first kappa shape index (κ1) is 14.5. The molecule has 110 valence electrons. The van der Waals surface area contributed by atoms with Gasteiger partial charge in [0.15, 0.2) is 5.78 Å². The minimum atomic E-state index is 0.145.